The van der Waals surface area contributed by atoms with Crippen molar-refractivity contribution in [3.8, 4) is 0 Å². The molecule has 0 bridgehead atoms. The zero-order chi connectivity index (χ0) is 22.4. The average molecular weight is 425 g/mol. The fourth-order valence-corrected chi connectivity index (χ4v) is 3.39. The number of nitrogens with one attached hydrogen (secondary N) is 4. The molecule has 0 aromatic rings. The summed E-state index contributed by atoms with van der Waals surface area (Å²) in [6, 6.07) is 0. The van der Waals surface area contributed by atoms with Crippen LogP contribution in [0, 0.1) is 0 Å². The lowest BCUT2D eigenvalue weighted by molar-refractivity contribution is -0.129. The molecule has 2 heterocycles. The lowest BCUT2D eigenvalue weighted by atomic mass is 10.0. The summed E-state index contributed by atoms with van der Waals surface area (Å²) < 4.78 is 0. The van der Waals surface area contributed by atoms with Crippen molar-refractivity contribution in [2.75, 3.05) is 52.4 Å². The molecule has 0 aromatic heterocycles. The third kappa shape index (κ3) is 6.97. The molecule has 2 aliphatic heterocycles. The van der Waals surface area contributed by atoms with Crippen LogP contribution in [0.3, 0.4) is 0 Å². The summed E-state index contributed by atoms with van der Waals surface area (Å²) in [7, 11) is 0. The van der Waals surface area contributed by atoms with Crippen LogP contribution >= 0.6 is 0 Å². The van der Waals surface area contributed by atoms with Crippen LogP contribution < -0.4 is 21.3 Å². The minimum absolute atomic E-state index is 0.0785. The van der Waals surface area contributed by atoms with Crippen LogP contribution in [0.5, 0.6) is 0 Å². The highest BCUT2D eigenvalue weighted by Crippen LogP contribution is 2.17. The molecule has 4 N–H and O–H groups in total. The number of hydrogen-bond donors (Lipinski definition) is 4. The number of nitrogens with zero attached hydrogens (tertiary/aromatic N) is 4. The summed E-state index contributed by atoms with van der Waals surface area (Å²) in [5.41, 5.74) is -2.13. The largest absolute Gasteiger partial charge is 0.339 e. The molecule has 2 saturated heterocycles. The number of piperazine rings is 2. The number of amides is 2. The van der Waals surface area contributed by atoms with Crippen molar-refractivity contribution in [3.63, 3.8) is 0 Å². The molecule has 0 aliphatic carbocycles. The van der Waals surface area contributed by atoms with Crippen molar-refractivity contribution in [2.24, 2.45) is 10.2 Å². The van der Waals surface area contributed by atoms with E-state index >= 15 is 0 Å². The smallest absolute Gasteiger partial charge is 0.250 e. The molecular weight excluding hydrogens is 384 g/mol. The predicted molar refractivity (Wildman–Crippen MR) is 117 cm³/mol. The lowest BCUT2D eigenvalue weighted by Gasteiger charge is -2.35. The molecule has 2 rings (SSSR count). The van der Waals surface area contributed by atoms with Gasteiger partial charge in [-0.2, -0.15) is 10.2 Å². The highest BCUT2D eigenvalue weighted by Gasteiger charge is 2.34. The Kier molecular flexibility index (Phi) is 8.72. The number of hydrogen-bond acceptors (Lipinski definition) is 8. The van der Waals surface area contributed by atoms with Gasteiger partial charge in [-0.05, 0) is 41.5 Å². The number of rotatable bonds is 8. The maximum atomic E-state index is 12.8. The van der Waals surface area contributed by atoms with E-state index in [0.717, 1.165) is 52.4 Å². The zero-order valence-corrected chi connectivity index (χ0v) is 19.4. The van der Waals surface area contributed by atoms with Crippen LogP contribution in [0.1, 0.15) is 41.5 Å². The minimum Gasteiger partial charge on any atom is -0.339 e. The Morgan fingerprint density at radius 2 is 1.03 bits per heavy atom. The van der Waals surface area contributed by atoms with E-state index in [1.807, 2.05) is 13.8 Å². The second-order valence-corrected chi connectivity index (χ2v) is 9.19. The molecule has 2 atom stereocenters. The Bertz CT molecular complexity index is 558. The molecule has 0 radical (unpaired) electrons. The standard InChI is InChI=1S/C20H40N8O2/c1-15(27-11-7-21-8-12-27)23-17(29)19(3,4)25-26-20(5,6)18(30)24-16(2)28-13-9-22-10-14-28/h15-16,21-22H,7-14H2,1-6H3,(H,23,29)(H,24,30). The van der Waals surface area contributed by atoms with E-state index in [9.17, 15) is 9.59 Å². The Balaban J connectivity index is 1.91. The molecule has 0 spiro atoms. The van der Waals surface area contributed by atoms with Gasteiger partial charge >= 0.3 is 0 Å². The van der Waals surface area contributed by atoms with Crippen LogP contribution in [0.15, 0.2) is 10.2 Å². The summed E-state index contributed by atoms with van der Waals surface area (Å²) in [4.78, 5) is 30.0. The first kappa shape index (κ1) is 24.6. The molecular formula is C20H40N8O2. The van der Waals surface area contributed by atoms with Gasteiger partial charge in [-0.25, -0.2) is 0 Å². The molecule has 10 nitrogen and oxygen atoms in total. The molecule has 0 aromatic carbocycles. The number of carbonyl (C=O) groups excluding carboxylic acids is 2. The van der Waals surface area contributed by atoms with Gasteiger partial charge in [0.2, 0.25) is 11.8 Å². The van der Waals surface area contributed by atoms with Crippen LogP contribution in [0.4, 0.5) is 0 Å². The third-order valence-electron chi connectivity index (χ3n) is 5.74. The second kappa shape index (κ2) is 10.6. The minimum atomic E-state index is -1.07. The fraction of sp³-hybridized carbons (Fsp3) is 0.900. The zero-order valence-electron chi connectivity index (χ0n) is 19.4. The first-order valence-electron chi connectivity index (χ1n) is 11.0. The van der Waals surface area contributed by atoms with Crippen molar-refractivity contribution < 1.29 is 9.59 Å². The van der Waals surface area contributed by atoms with Crippen LogP contribution in [0.25, 0.3) is 0 Å². The van der Waals surface area contributed by atoms with Gasteiger partial charge in [-0.1, -0.05) is 0 Å². The Hall–Kier alpha value is -1.62. The van der Waals surface area contributed by atoms with Gasteiger partial charge in [0.05, 0.1) is 12.3 Å². The van der Waals surface area contributed by atoms with Gasteiger partial charge in [0.1, 0.15) is 0 Å². The van der Waals surface area contributed by atoms with Gasteiger partial charge in [0.15, 0.2) is 11.1 Å². The first-order chi connectivity index (χ1) is 14.0. The third-order valence-corrected chi connectivity index (χ3v) is 5.74. The second-order valence-electron chi connectivity index (χ2n) is 9.19. The van der Waals surface area contributed by atoms with E-state index < -0.39 is 11.1 Å². The summed E-state index contributed by atoms with van der Waals surface area (Å²) in [6.45, 7) is 18.0. The van der Waals surface area contributed by atoms with E-state index in [1.165, 1.54) is 0 Å². The summed E-state index contributed by atoms with van der Waals surface area (Å²) >= 11 is 0. The Labute approximate surface area is 180 Å². The highest BCUT2D eigenvalue weighted by atomic mass is 16.2. The van der Waals surface area contributed by atoms with E-state index in [4.69, 9.17) is 0 Å². The Morgan fingerprint density at radius 1 is 0.733 bits per heavy atom. The van der Waals surface area contributed by atoms with Crippen LogP contribution in [-0.2, 0) is 9.59 Å². The number of carbonyl (C=O) groups is 2. The van der Waals surface area contributed by atoms with E-state index in [-0.39, 0.29) is 24.1 Å². The van der Waals surface area contributed by atoms with Gasteiger partial charge < -0.3 is 21.3 Å². The molecule has 2 unspecified atom stereocenters. The van der Waals surface area contributed by atoms with Gasteiger partial charge in [-0.3, -0.25) is 19.4 Å². The lowest BCUT2D eigenvalue weighted by Crippen LogP contribution is -2.57. The first-order valence-corrected chi connectivity index (χ1v) is 11.0. The Morgan fingerprint density at radius 3 is 1.33 bits per heavy atom. The molecule has 2 aliphatic rings. The van der Waals surface area contributed by atoms with Crippen molar-refractivity contribution in [2.45, 2.75) is 65.0 Å². The van der Waals surface area contributed by atoms with Crippen molar-refractivity contribution in [1.29, 1.82) is 0 Å². The molecule has 30 heavy (non-hydrogen) atoms. The molecule has 2 amide bonds. The van der Waals surface area contributed by atoms with Gasteiger partial charge in [0, 0.05) is 52.4 Å². The topological polar surface area (TPSA) is 113 Å². The molecule has 172 valence electrons. The predicted octanol–water partition coefficient (Wildman–Crippen LogP) is -0.269. The van der Waals surface area contributed by atoms with E-state index in [2.05, 4.69) is 41.3 Å². The van der Waals surface area contributed by atoms with E-state index in [0.29, 0.717) is 0 Å². The van der Waals surface area contributed by atoms with Crippen molar-refractivity contribution >= 4 is 11.8 Å². The summed E-state index contributed by atoms with van der Waals surface area (Å²) in [5.74, 6) is -0.412. The van der Waals surface area contributed by atoms with Crippen molar-refractivity contribution in [3.05, 3.63) is 0 Å². The summed E-state index contributed by atoms with van der Waals surface area (Å²) in [6.07, 6.45) is -0.157. The van der Waals surface area contributed by atoms with Gasteiger partial charge in [0.25, 0.3) is 0 Å². The SMILES string of the molecule is CC(NC(=O)C(C)(C)N=NC(C)(C)C(=O)NC(C)N1CCNCC1)N1CCNCC1. The normalized spacial score (nSPS) is 21.9. The molecule has 10 heteroatoms. The monoisotopic (exact) mass is 424 g/mol. The van der Waals surface area contributed by atoms with Crippen LogP contribution in [-0.4, -0.2) is 97.4 Å². The van der Waals surface area contributed by atoms with Crippen LogP contribution in [0.2, 0.25) is 0 Å². The maximum Gasteiger partial charge on any atom is 0.250 e. The maximum absolute atomic E-state index is 12.8. The summed E-state index contributed by atoms with van der Waals surface area (Å²) in [5, 5.41) is 21.2. The number of azo groups is 1. The average Bonchev–Trinajstić information content (AvgIpc) is 2.73. The molecule has 0 saturated carbocycles. The van der Waals surface area contributed by atoms with E-state index in [1.54, 1.807) is 27.7 Å². The fourth-order valence-electron chi connectivity index (χ4n) is 3.39. The quantitative estimate of drug-likeness (QED) is 0.399. The highest BCUT2D eigenvalue weighted by molar-refractivity contribution is 5.87. The molecule has 2 fully saturated rings. The van der Waals surface area contributed by atoms with Gasteiger partial charge in [-0.15, -0.1) is 0 Å². The van der Waals surface area contributed by atoms with Crippen molar-refractivity contribution in [1.82, 2.24) is 31.1 Å².